The molecule has 0 radical (unpaired) electrons. The lowest BCUT2D eigenvalue weighted by molar-refractivity contribution is 0.118. The van der Waals surface area contributed by atoms with E-state index >= 15 is 0 Å². The molecular weight excluding hydrogens is 232 g/mol. The number of nitrogens with two attached hydrogens (primary N) is 1. The SMILES string of the molecule is CC1CC(C)C(CN2CCCC(C)(C)CC2)C(N)C1. The van der Waals surface area contributed by atoms with Gasteiger partial charge < -0.3 is 10.6 Å². The molecule has 1 aliphatic heterocycles. The summed E-state index contributed by atoms with van der Waals surface area (Å²) in [5.74, 6) is 2.34. The van der Waals surface area contributed by atoms with Crippen molar-refractivity contribution < 1.29 is 0 Å². The van der Waals surface area contributed by atoms with Gasteiger partial charge in [-0.2, -0.15) is 0 Å². The summed E-state index contributed by atoms with van der Waals surface area (Å²) in [4.78, 5) is 2.70. The second-order valence-electron chi connectivity index (χ2n) is 8.20. The molecule has 2 rings (SSSR count). The topological polar surface area (TPSA) is 29.3 Å². The fourth-order valence-corrected chi connectivity index (χ4v) is 4.24. The van der Waals surface area contributed by atoms with Gasteiger partial charge in [-0.05, 0) is 68.4 Å². The first-order valence-electron chi connectivity index (χ1n) is 8.35. The van der Waals surface area contributed by atoms with Crippen molar-refractivity contribution in [2.24, 2.45) is 28.9 Å². The van der Waals surface area contributed by atoms with Crippen LogP contribution in [0.15, 0.2) is 0 Å². The van der Waals surface area contributed by atoms with Crippen molar-refractivity contribution in [2.45, 2.75) is 65.8 Å². The van der Waals surface area contributed by atoms with Crippen molar-refractivity contribution in [3.8, 4) is 0 Å². The van der Waals surface area contributed by atoms with E-state index in [1.165, 1.54) is 51.7 Å². The quantitative estimate of drug-likeness (QED) is 0.829. The van der Waals surface area contributed by atoms with Crippen LogP contribution in [0.1, 0.15) is 59.8 Å². The third kappa shape index (κ3) is 4.19. The minimum atomic E-state index is 0.426. The highest BCUT2D eigenvalue weighted by Gasteiger charge is 2.33. The highest BCUT2D eigenvalue weighted by atomic mass is 15.1. The van der Waals surface area contributed by atoms with E-state index in [1.807, 2.05) is 0 Å². The Labute approximate surface area is 120 Å². The van der Waals surface area contributed by atoms with Gasteiger partial charge in [-0.15, -0.1) is 0 Å². The zero-order valence-corrected chi connectivity index (χ0v) is 13.5. The maximum absolute atomic E-state index is 6.44. The molecule has 4 unspecified atom stereocenters. The first-order chi connectivity index (χ1) is 8.87. The van der Waals surface area contributed by atoms with E-state index < -0.39 is 0 Å². The number of hydrogen-bond donors (Lipinski definition) is 1. The molecule has 112 valence electrons. The van der Waals surface area contributed by atoms with Gasteiger partial charge in [-0.25, -0.2) is 0 Å². The predicted octanol–water partition coefficient (Wildman–Crippen LogP) is 3.51. The molecule has 1 saturated carbocycles. The number of likely N-dealkylation sites (tertiary alicyclic amines) is 1. The fourth-order valence-electron chi connectivity index (χ4n) is 4.24. The zero-order chi connectivity index (χ0) is 14.0. The first kappa shape index (κ1) is 15.3. The number of hydrogen-bond acceptors (Lipinski definition) is 2. The van der Waals surface area contributed by atoms with Crippen LogP contribution in [-0.2, 0) is 0 Å². The van der Waals surface area contributed by atoms with Crippen molar-refractivity contribution in [3.05, 3.63) is 0 Å². The largest absolute Gasteiger partial charge is 0.327 e. The lowest BCUT2D eigenvalue weighted by Gasteiger charge is -2.40. The maximum Gasteiger partial charge on any atom is 0.00844 e. The molecule has 2 heteroatoms. The van der Waals surface area contributed by atoms with E-state index in [4.69, 9.17) is 5.73 Å². The molecule has 0 aromatic rings. The summed E-state index contributed by atoms with van der Waals surface area (Å²) in [5, 5.41) is 0. The van der Waals surface area contributed by atoms with Crippen molar-refractivity contribution >= 4 is 0 Å². The van der Waals surface area contributed by atoms with E-state index in [1.54, 1.807) is 0 Å². The average Bonchev–Trinajstić information content (AvgIpc) is 2.45. The van der Waals surface area contributed by atoms with Crippen LogP contribution in [0.4, 0.5) is 0 Å². The van der Waals surface area contributed by atoms with Gasteiger partial charge in [0.2, 0.25) is 0 Å². The first-order valence-corrected chi connectivity index (χ1v) is 8.35. The summed E-state index contributed by atoms with van der Waals surface area (Å²) < 4.78 is 0. The third-order valence-corrected chi connectivity index (χ3v) is 5.63. The Balaban J connectivity index is 1.89. The predicted molar refractivity (Wildman–Crippen MR) is 83.1 cm³/mol. The Morgan fingerprint density at radius 2 is 1.84 bits per heavy atom. The van der Waals surface area contributed by atoms with Crippen molar-refractivity contribution in [1.82, 2.24) is 4.90 Å². The van der Waals surface area contributed by atoms with Crippen LogP contribution in [0.2, 0.25) is 0 Å². The standard InChI is InChI=1S/C17H34N2/c1-13-10-14(2)15(16(18)11-13)12-19-8-5-6-17(3,4)7-9-19/h13-16H,5-12,18H2,1-4H3. The van der Waals surface area contributed by atoms with Gasteiger partial charge in [0.25, 0.3) is 0 Å². The lowest BCUT2D eigenvalue weighted by Crippen LogP contribution is -2.46. The van der Waals surface area contributed by atoms with Crippen molar-refractivity contribution in [3.63, 3.8) is 0 Å². The second kappa shape index (κ2) is 6.13. The summed E-state index contributed by atoms with van der Waals surface area (Å²) in [5.41, 5.74) is 6.99. The zero-order valence-electron chi connectivity index (χ0n) is 13.5. The van der Waals surface area contributed by atoms with Crippen LogP contribution in [0.25, 0.3) is 0 Å². The molecule has 1 aliphatic carbocycles. The molecule has 0 bridgehead atoms. The Bertz CT molecular complexity index is 275. The van der Waals surface area contributed by atoms with Crippen LogP contribution in [-0.4, -0.2) is 30.6 Å². The van der Waals surface area contributed by atoms with Crippen molar-refractivity contribution in [2.75, 3.05) is 19.6 Å². The number of nitrogens with zero attached hydrogens (tertiary/aromatic N) is 1. The van der Waals surface area contributed by atoms with Gasteiger partial charge in [0.1, 0.15) is 0 Å². The minimum Gasteiger partial charge on any atom is -0.327 e. The molecule has 2 fully saturated rings. The van der Waals surface area contributed by atoms with Gasteiger partial charge in [0.15, 0.2) is 0 Å². The van der Waals surface area contributed by atoms with Gasteiger partial charge in [0.05, 0.1) is 0 Å². The molecule has 2 N–H and O–H groups in total. The minimum absolute atomic E-state index is 0.426. The van der Waals surface area contributed by atoms with Gasteiger partial charge >= 0.3 is 0 Å². The molecule has 1 heterocycles. The van der Waals surface area contributed by atoms with Crippen LogP contribution in [0.5, 0.6) is 0 Å². The van der Waals surface area contributed by atoms with Crippen LogP contribution < -0.4 is 5.73 Å². The smallest absolute Gasteiger partial charge is 0.00844 e. The van der Waals surface area contributed by atoms with Crippen LogP contribution in [0, 0.1) is 23.2 Å². The molecule has 0 spiro atoms. The average molecular weight is 266 g/mol. The Hall–Kier alpha value is -0.0800. The molecule has 2 aliphatic rings. The number of rotatable bonds is 2. The highest BCUT2D eigenvalue weighted by molar-refractivity contribution is 4.88. The van der Waals surface area contributed by atoms with Gasteiger partial charge in [-0.1, -0.05) is 27.7 Å². The molecule has 1 saturated heterocycles. The van der Waals surface area contributed by atoms with E-state index in [-0.39, 0.29) is 0 Å². The van der Waals surface area contributed by atoms with E-state index in [2.05, 4.69) is 32.6 Å². The summed E-state index contributed by atoms with van der Waals surface area (Å²) >= 11 is 0. The molecular formula is C17H34N2. The van der Waals surface area contributed by atoms with Crippen LogP contribution in [0.3, 0.4) is 0 Å². The normalized spacial score (nSPS) is 40.9. The summed E-state index contributed by atoms with van der Waals surface area (Å²) in [6.45, 7) is 13.4. The van der Waals surface area contributed by atoms with Gasteiger partial charge in [0, 0.05) is 12.6 Å². The van der Waals surface area contributed by atoms with E-state index in [9.17, 15) is 0 Å². The molecule has 0 aromatic heterocycles. The van der Waals surface area contributed by atoms with Gasteiger partial charge in [-0.3, -0.25) is 0 Å². The molecule has 0 amide bonds. The van der Waals surface area contributed by atoms with E-state index in [0.29, 0.717) is 11.5 Å². The van der Waals surface area contributed by atoms with Crippen LogP contribution >= 0.6 is 0 Å². The third-order valence-electron chi connectivity index (χ3n) is 5.63. The summed E-state index contributed by atoms with van der Waals surface area (Å²) in [6, 6.07) is 0.426. The Morgan fingerprint density at radius 1 is 1.11 bits per heavy atom. The Kier molecular flexibility index (Phi) is 4.94. The lowest BCUT2D eigenvalue weighted by atomic mass is 9.72. The maximum atomic E-state index is 6.44. The summed E-state index contributed by atoms with van der Waals surface area (Å²) in [7, 11) is 0. The molecule has 19 heavy (non-hydrogen) atoms. The molecule has 0 aromatic carbocycles. The Morgan fingerprint density at radius 3 is 2.53 bits per heavy atom. The second-order valence-corrected chi connectivity index (χ2v) is 8.20. The fraction of sp³-hybridized carbons (Fsp3) is 1.00. The molecule has 4 atom stereocenters. The highest BCUT2D eigenvalue weighted by Crippen LogP contribution is 2.35. The monoisotopic (exact) mass is 266 g/mol. The molecule has 2 nitrogen and oxygen atoms in total. The van der Waals surface area contributed by atoms with Crippen molar-refractivity contribution in [1.29, 1.82) is 0 Å². The summed E-state index contributed by atoms with van der Waals surface area (Å²) in [6.07, 6.45) is 6.69. The van der Waals surface area contributed by atoms with E-state index in [0.717, 1.165) is 17.8 Å².